The molecule has 0 radical (unpaired) electrons. The third-order valence-electron chi connectivity index (χ3n) is 5.28. The van der Waals surface area contributed by atoms with E-state index in [1.165, 1.54) is 9.87 Å². The van der Waals surface area contributed by atoms with Crippen LogP contribution in [0.25, 0.3) is 0 Å². The van der Waals surface area contributed by atoms with Crippen LogP contribution in [0.3, 0.4) is 0 Å². The van der Waals surface area contributed by atoms with E-state index in [2.05, 4.69) is 15.3 Å². The number of aromatic nitrogens is 2. The highest BCUT2D eigenvalue weighted by molar-refractivity contribution is 7.89. The van der Waals surface area contributed by atoms with Gasteiger partial charge in [-0.25, -0.2) is 8.42 Å². The molecule has 1 fully saturated rings. The topological polar surface area (TPSA) is 114 Å². The number of methoxy groups -OCH3 is 1. The van der Waals surface area contributed by atoms with Gasteiger partial charge in [0.2, 0.25) is 16.0 Å². The zero-order chi connectivity index (χ0) is 22.7. The third-order valence-corrected chi connectivity index (χ3v) is 7.19. The molecular weight excluding hydrogens is 428 g/mol. The summed E-state index contributed by atoms with van der Waals surface area (Å²) in [4.78, 5) is 11.1. The average Bonchev–Trinajstić information content (AvgIpc) is 2.80. The molecule has 1 aliphatic rings. The van der Waals surface area contributed by atoms with Crippen LogP contribution in [0.2, 0.25) is 0 Å². The summed E-state index contributed by atoms with van der Waals surface area (Å²) < 4.78 is 32.5. The van der Waals surface area contributed by atoms with Gasteiger partial charge < -0.3 is 20.7 Å². The summed E-state index contributed by atoms with van der Waals surface area (Å²) in [7, 11) is -2.04. The first-order chi connectivity index (χ1) is 15.3. The van der Waals surface area contributed by atoms with Crippen molar-refractivity contribution >= 4 is 33.3 Å². The Morgan fingerprint density at radius 3 is 2.25 bits per heavy atom. The zero-order valence-corrected chi connectivity index (χ0v) is 18.8. The quantitative estimate of drug-likeness (QED) is 0.584. The lowest BCUT2D eigenvalue weighted by Crippen LogP contribution is -2.49. The molecule has 32 heavy (non-hydrogen) atoms. The lowest BCUT2D eigenvalue weighted by atomic mass is 10.2. The summed E-state index contributed by atoms with van der Waals surface area (Å²) in [5.41, 5.74) is 8.07. The van der Waals surface area contributed by atoms with Crippen molar-refractivity contribution in [2.75, 3.05) is 49.2 Å². The predicted molar refractivity (Wildman–Crippen MR) is 125 cm³/mol. The van der Waals surface area contributed by atoms with Gasteiger partial charge in [-0.15, -0.1) is 0 Å². The number of hydrogen-bond donors (Lipinski definition) is 2. The van der Waals surface area contributed by atoms with E-state index in [9.17, 15) is 8.42 Å². The van der Waals surface area contributed by atoms with Gasteiger partial charge in [0.05, 0.1) is 12.0 Å². The van der Waals surface area contributed by atoms with Crippen molar-refractivity contribution < 1.29 is 13.2 Å². The van der Waals surface area contributed by atoms with Crippen LogP contribution in [0.4, 0.5) is 23.3 Å². The van der Waals surface area contributed by atoms with Gasteiger partial charge in [-0.05, 0) is 43.3 Å². The average molecular weight is 455 g/mol. The lowest BCUT2D eigenvalue weighted by molar-refractivity contribution is 0.382. The number of aryl methyl sites for hydroxylation is 1. The SMILES string of the molecule is COc1ccc(S(=O)(=O)N2CCN(c3nc(N)cc(Nc4ccc(C)cc4)n3)CC2)cc1. The van der Waals surface area contributed by atoms with Gasteiger partial charge in [-0.2, -0.15) is 14.3 Å². The Morgan fingerprint density at radius 2 is 1.62 bits per heavy atom. The molecule has 168 valence electrons. The van der Waals surface area contributed by atoms with Crippen LogP contribution in [-0.2, 0) is 10.0 Å². The normalized spacial score (nSPS) is 14.9. The van der Waals surface area contributed by atoms with E-state index in [-0.39, 0.29) is 4.90 Å². The molecule has 3 N–H and O–H groups in total. The Morgan fingerprint density at radius 1 is 0.969 bits per heavy atom. The monoisotopic (exact) mass is 454 g/mol. The first kappa shape index (κ1) is 21.8. The van der Waals surface area contributed by atoms with Gasteiger partial charge >= 0.3 is 0 Å². The van der Waals surface area contributed by atoms with E-state index in [1.807, 2.05) is 36.1 Å². The van der Waals surface area contributed by atoms with Crippen molar-refractivity contribution in [2.24, 2.45) is 0 Å². The van der Waals surface area contributed by atoms with Gasteiger partial charge in [0, 0.05) is 37.9 Å². The van der Waals surface area contributed by atoms with Crippen molar-refractivity contribution in [3.8, 4) is 5.75 Å². The smallest absolute Gasteiger partial charge is 0.243 e. The Kier molecular flexibility index (Phi) is 6.15. The summed E-state index contributed by atoms with van der Waals surface area (Å²) in [6, 6.07) is 16.0. The molecule has 1 saturated heterocycles. The maximum absolute atomic E-state index is 13.0. The number of sulfonamides is 1. The van der Waals surface area contributed by atoms with Crippen LogP contribution < -0.4 is 20.7 Å². The highest BCUT2D eigenvalue weighted by Gasteiger charge is 2.29. The van der Waals surface area contributed by atoms with Crippen molar-refractivity contribution in [3.05, 3.63) is 60.2 Å². The summed E-state index contributed by atoms with van der Waals surface area (Å²) in [5.74, 6) is 2.02. The zero-order valence-electron chi connectivity index (χ0n) is 18.0. The van der Waals surface area contributed by atoms with Crippen molar-refractivity contribution in [1.29, 1.82) is 0 Å². The second-order valence-electron chi connectivity index (χ2n) is 7.54. The van der Waals surface area contributed by atoms with E-state index in [1.54, 1.807) is 37.4 Å². The summed E-state index contributed by atoms with van der Waals surface area (Å²) in [6.45, 7) is 3.60. The number of nitrogens with one attached hydrogen (secondary N) is 1. The fraction of sp³-hybridized carbons (Fsp3) is 0.273. The number of anilines is 4. The second kappa shape index (κ2) is 9.01. The fourth-order valence-corrected chi connectivity index (χ4v) is 4.89. The van der Waals surface area contributed by atoms with Crippen molar-refractivity contribution in [2.45, 2.75) is 11.8 Å². The summed E-state index contributed by atoms with van der Waals surface area (Å²) in [6.07, 6.45) is 0. The van der Waals surface area contributed by atoms with E-state index >= 15 is 0 Å². The van der Waals surface area contributed by atoms with Crippen molar-refractivity contribution in [3.63, 3.8) is 0 Å². The van der Waals surface area contributed by atoms with Gasteiger partial charge in [0.15, 0.2) is 0 Å². The molecule has 0 bridgehead atoms. The number of nitrogens with two attached hydrogens (primary N) is 1. The van der Waals surface area contributed by atoms with Crippen LogP contribution in [0.5, 0.6) is 5.75 Å². The van der Waals surface area contributed by atoms with Crippen LogP contribution in [0.15, 0.2) is 59.5 Å². The van der Waals surface area contributed by atoms with Crippen LogP contribution in [-0.4, -0.2) is 56.0 Å². The van der Waals surface area contributed by atoms with Crippen LogP contribution >= 0.6 is 0 Å². The maximum atomic E-state index is 13.0. The van der Waals surface area contributed by atoms with Crippen LogP contribution in [0, 0.1) is 6.92 Å². The Bertz CT molecular complexity index is 1180. The highest BCUT2D eigenvalue weighted by Crippen LogP contribution is 2.24. The number of hydrogen-bond acceptors (Lipinski definition) is 8. The third kappa shape index (κ3) is 4.76. The molecule has 2 heterocycles. The molecule has 4 rings (SSSR count). The maximum Gasteiger partial charge on any atom is 0.243 e. The molecule has 3 aromatic rings. The molecule has 10 heteroatoms. The molecule has 0 aliphatic carbocycles. The van der Waals surface area contributed by atoms with Crippen molar-refractivity contribution in [1.82, 2.24) is 14.3 Å². The molecule has 9 nitrogen and oxygen atoms in total. The molecule has 0 saturated carbocycles. The van der Waals surface area contributed by atoms with E-state index in [0.29, 0.717) is 49.5 Å². The standard InChI is InChI=1S/C22H26N6O3S/c1-16-3-5-17(6-4-16)24-21-15-20(23)25-22(26-21)27-11-13-28(14-12-27)32(29,30)19-9-7-18(31-2)8-10-19/h3-10,15H,11-14H2,1-2H3,(H3,23,24,25,26). The largest absolute Gasteiger partial charge is 0.497 e. The molecule has 0 atom stereocenters. The predicted octanol–water partition coefficient (Wildman–Crippen LogP) is 2.63. The summed E-state index contributed by atoms with van der Waals surface area (Å²) >= 11 is 0. The number of nitrogen functional groups attached to an aromatic ring is 1. The highest BCUT2D eigenvalue weighted by atomic mass is 32.2. The Hall–Kier alpha value is -3.37. The fourth-order valence-electron chi connectivity index (χ4n) is 3.47. The lowest BCUT2D eigenvalue weighted by Gasteiger charge is -2.34. The Balaban J connectivity index is 1.45. The molecule has 0 unspecified atom stereocenters. The minimum absolute atomic E-state index is 0.247. The molecule has 1 aliphatic heterocycles. The number of piperazine rings is 1. The summed E-state index contributed by atoms with van der Waals surface area (Å²) in [5, 5.41) is 3.24. The first-order valence-corrected chi connectivity index (χ1v) is 11.7. The molecule has 0 spiro atoms. The Labute approximate surface area is 187 Å². The molecular formula is C22H26N6O3S. The number of ether oxygens (including phenoxy) is 1. The van der Waals surface area contributed by atoms with Crippen LogP contribution in [0.1, 0.15) is 5.56 Å². The minimum Gasteiger partial charge on any atom is -0.497 e. The number of benzene rings is 2. The van der Waals surface area contributed by atoms with Gasteiger partial charge in [0.1, 0.15) is 17.4 Å². The van der Waals surface area contributed by atoms with E-state index < -0.39 is 10.0 Å². The molecule has 1 aromatic heterocycles. The minimum atomic E-state index is -3.58. The van der Waals surface area contributed by atoms with Gasteiger partial charge in [0.25, 0.3) is 0 Å². The van der Waals surface area contributed by atoms with E-state index in [0.717, 1.165) is 5.69 Å². The number of rotatable bonds is 6. The second-order valence-corrected chi connectivity index (χ2v) is 9.47. The van der Waals surface area contributed by atoms with Gasteiger partial charge in [-0.1, -0.05) is 17.7 Å². The van der Waals surface area contributed by atoms with E-state index in [4.69, 9.17) is 10.5 Å². The van der Waals surface area contributed by atoms with Gasteiger partial charge in [-0.3, -0.25) is 0 Å². The first-order valence-electron chi connectivity index (χ1n) is 10.2. The molecule has 0 amide bonds. The number of nitrogens with zero attached hydrogens (tertiary/aromatic N) is 4. The molecule has 2 aromatic carbocycles.